The maximum Gasteiger partial charge on any atom is 0.253 e. The van der Waals surface area contributed by atoms with E-state index in [0.29, 0.717) is 11.0 Å². The van der Waals surface area contributed by atoms with E-state index in [1.54, 1.807) is 12.4 Å². The molecule has 0 spiro atoms. The van der Waals surface area contributed by atoms with E-state index >= 15 is 0 Å². The molecule has 3 aromatic rings. The summed E-state index contributed by atoms with van der Waals surface area (Å²) in [6.45, 7) is -0.0456. The van der Waals surface area contributed by atoms with Crippen molar-refractivity contribution in [3.05, 3.63) is 36.4 Å². The Hall–Kier alpha value is -2.56. The fourth-order valence-corrected chi connectivity index (χ4v) is 4.50. The van der Waals surface area contributed by atoms with Crippen LogP contribution < -0.4 is 5.32 Å². The molecular weight excluding hydrogens is 426 g/mol. The number of benzene rings is 1. The van der Waals surface area contributed by atoms with Crippen LogP contribution in [0.3, 0.4) is 0 Å². The average Bonchev–Trinajstić information content (AvgIpc) is 3.45. The van der Waals surface area contributed by atoms with Crippen molar-refractivity contribution in [1.29, 1.82) is 0 Å². The van der Waals surface area contributed by atoms with Crippen molar-refractivity contribution in [1.82, 2.24) is 15.0 Å². The van der Waals surface area contributed by atoms with E-state index in [2.05, 4.69) is 20.3 Å². The quantitative estimate of drug-likeness (QED) is 0.598. The number of hydrogen-bond acceptors (Lipinski definition) is 7. The molecule has 2 fully saturated rings. The monoisotopic (exact) mass is 446 g/mol. The Morgan fingerprint density at radius 3 is 2.68 bits per heavy atom. The number of hydrogen-bond donors (Lipinski definition) is 2. The highest BCUT2D eigenvalue weighted by molar-refractivity contribution is 7.22. The van der Waals surface area contributed by atoms with E-state index in [0.717, 1.165) is 34.2 Å². The fraction of sp³-hybridized carbons (Fsp3) is 0.429. The zero-order valence-electron chi connectivity index (χ0n) is 16.4. The first-order chi connectivity index (χ1) is 14.9. The van der Waals surface area contributed by atoms with Gasteiger partial charge in [-0.1, -0.05) is 17.4 Å². The van der Waals surface area contributed by atoms with Gasteiger partial charge in [-0.2, -0.15) is 0 Å². The summed E-state index contributed by atoms with van der Waals surface area (Å²) in [5, 5.41) is 13.1. The Balaban J connectivity index is 1.25. The van der Waals surface area contributed by atoms with Gasteiger partial charge in [0.1, 0.15) is 6.61 Å². The molecule has 31 heavy (non-hydrogen) atoms. The molecule has 2 aromatic heterocycles. The van der Waals surface area contributed by atoms with E-state index in [-0.39, 0.29) is 18.4 Å². The second kappa shape index (κ2) is 7.85. The van der Waals surface area contributed by atoms with Crippen molar-refractivity contribution in [2.75, 3.05) is 5.32 Å². The molecule has 0 aliphatic heterocycles. The number of nitrogens with zero attached hydrogens (tertiary/aromatic N) is 3. The third kappa shape index (κ3) is 4.56. The van der Waals surface area contributed by atoms with Crippen LogP contribution in [0.5, 0.6) is 0 Å². The Morgan fingerprint density at radius 2 is 2.00 bits per heavy atom. The van der Waals surface area contributed by atoms with Crippen LogP contribution in [0.15, 0.2) is 30.6 Å². The predicted octanol–water partition coefficient (Wildman–Crippen LogP) is 3.78. The Bertz CT molecular complexity index is 1120. The number of ether oxygens (including phenoxy) is 1. The molecule has 10 heteroatoms. The van der Waals surface area contributed by atoms with Gasteiger partial charge in [-0.25, -0.2) is 23.7 Å². The van der Waals surface area contributed by atoms with Gasteiger partial charge in [0.25, 0.3) is 5.92 Å². The second-order valence-corrected chi connectivity index (χ2v) is 9.06. The zero-order valence-corrected chi connectivity index (χ0v) is 17.2. The molecular formula is C21H20F2N4O3S. The molecule has 0 radical (unpaired) electrons. The average molecular weight is 446 g/mol. The van der Waals surface area contributed by atoms with Crippen molar-refractivity contribution in [3.63, 3.8) is 0 Å². The molecule has 5 rings (SSSR count). The van der Waals surface area contributed by atoms with Crippen molar-refractivity contribution in [2.45, 2.75) is 50.4 Å². The smallest absolute Gasteiger partial charge is 0.253 e. The summed E-state index contributed by atoms with van der Waals surface area (Å²) in [4.78, 5) is 24.9. The van der Waals surface area contributed by atoms with Crippen LogP contribution in [0.4, 0.5) is 13.9 Å². The molecule has 1 aromatic carbocycles. The van der Waals surface area contributed by atoms with Crippen LogP contribution in [0.25, 0.3) is 21.3 Å². The standard InChI is InChI=1S/C21H20F2N4O3S/c22-21(23)6-15(28)16(7-21)30-10-18-24-8-13(9-25-18)12-3-4-14-17(5-12)31-20(26-14)27-19(29)11-1-2-11/h3-5,8-9,11,15-16,28H,1-2,6-7,10H2,(H,26,27,29)/t15-,16-/m0/s1. The van der Waals surface area contributed by atoms with Gasteiger partial charge in [0.05, 0.1) is 22.4 Å². The highest BCUT2D eigenvalue weighted by atomic mass is 32.1. The largest absolute Gasteiger partial charge is 0.390 e. The second-order valence-electron chi connectivity index (χ2n) is 8.03. The summed E-state index contributed by atoms with van der Waals surface area (Å²) < 4.78 is 33.0. The minimum Gasteiger partial charge on any atom is -0.390 e. The minimum atomic E-state index is -2.90. The summed E-state index contributed by atoms with van der Waals surface area (Å²) in [6, 6.07) is 5.75. The Labute approximate surface area is 180 Å². The lowest BCUT2D eigenvalue weighted by molar-refractivity contribution is -0.117. The number of fused-ring (bicyclic) bond motifs is 1. The number of alkyl halides is 2. The molecule has 1 amide bonds. The van der Waals surface area contributed by atoms with E-state index in [1.807, 2.05) is 18.2 Å². The third-order valence-electron chi connectivity index (χ3n) is 5.47. The number of halogens is 2. The van der Waals surface area contributed by atoms with Gasteiger partial charge in [-0.15, -0.1) is 0 Å². The van der Waals surface area contributed by atoms with Crippen LogP contribution in [-0.2, 0) is 16.1 Å². The van der Waals surface area contributed by atoms with Crippen molar-refractivity contribution in [2.24, 2.45) is 5.92 Å². The van der Waals surface area contributed by atoms with E-state index in [1.165, 1.54) is 11.3 Å². The van der Waals surface area contributed by atoms with Gasteiger partial charge < -0.3 is 15.2 Å². The lowest BCUT2D eigenvalue weighted by Crippen LogP contribution is -2.22. The van der Waals surface area contributed by atoms with Crippen LogP contribution in [0.1, 0.15) is 31.5 Å². The fourth-order valence-electron chi connectivity index (χ4n) is 3.59. The van der Waals surface area contributed by atoms with Crippen LogP contribution in [0.2, 0.25) is 0 Å². The zero-order chi connectivity index (χ0) is 21.6. The number of rotatable bonds is 6. The summed E-state index contributed by atoms with van der Waals surface area (Å²) >= 11 is 1.42. The number of carbonyl (C=O) groups excluding carboxylic acids is 1. The van der Waals surface area contributed by atoms with Crippen molar-refractivity contribution >= 4 is 32.6 Å². The number of thiazole rings is 1. The van der Waals surface area contributed by atoms with Crippen LogP contribution in [-0.4, -0.2) is 44.1 Å². The van der Waals surface area contributed by atoms with E-state index in [9.17, 15) is 18.7 Å². The summed E-state index contributed by atoms with van der Waals surface area (Å²) in [5.41, 5.74) is 2.49. The van der Waals surface area contributed by atoms with Gasteiger partial charge in [0, 0.05) is 36.7 Å². The first-order valence-electron chi connectivity index (χ1n) is 10.1. The molecule has 2 saturated carbocycles. The van der Waals surface area contributed by atoms with Crippen LogP contribution >= 0.6 is 11.3 Å². The van der Waals surface area contributed by atoms with E-state index < -0.39 is 31.0 Å². The van der Waals surface area contributed by atoms with Gasteiger partial charge in [0.2, 0.25) is 5.91 Å². The van der Waals surface area contributed by atoms with Crippen molar-refractivity contribution in [3.8, 4) is 11.1 Å². The lowest BCUT2D eigenvalue weighted by Gasteiger charge is -2.14. The summed E-state index contributed by atoms with van der Waals surface area (Å²) in [7, 11) is 0. The molecule has 0 saturated heterocycles. The van der Waals surface area contributed by atoms with Gasteiger partial charge >= 0.3 is 0 Å². The molecule has 0 unspecified atom stereocenters. The number of aromatic nitrogens is 3. The molecule has 2 aliphatic rings. The summed E-state index contributed by atoms with van der Waals surface area (Å²) in [5.74, 6) is -2.39. The molecule has 0 bridgehead atoms. The maximum absolute atomic E-state index is 13.3. The molecule has 2 N–H and O–H groups in total. The Morgan fingerprint density at radius 1 is 1.23 bits per heavy atom. The first kappa shape index (κ1) is 20.3. The third-order valence-corrected chi connectivity index (χ3v) is 6.40. The predicted molar refractivity (Wildman–Crippen MR) is 111 cm³/mol. The minimum absolute atomic E-state index is 0.0272. The van der Waals surface area contributed by atoms with Crippen molar-refractivity contribution < 1.29 is 23.4 Å². The maximum atomic E-state index is 13.3. The Kier molecular flexibility index (Phi) is 5.15. The molecule has 2 atom stereocenters. The number of nitrogens with one attached hydrogen (secondary N) is 1. The van der Waals surface area contributed by atoms with E-state index in [4.69, 9.17) is 4.74 Å². The number of aliphatic hydroxyl groups excluding tert-OH is 1. The first-order valence-corrected chi connectivity index (χ1v) is 10.9. The highest BCUT2D eigenvalue weighted by Crippen LogP contribution is 2.37. The van der Waals surface area contributed by atoms with Gasteiger partial charge in [0.15, 0.2) is 11.0 Å². The molecule has 2 aliphatic carbocycles. The normalized spacial score (nSPS) is 22.7. The number of anilines is 1. The summed E-state index contributed by atoms with van der Waals surface area (Å²) in [6.07, 6.45) is 1.99. The number of aliphatic hydroxyl groups is 1. The highest BCUT2D eigenvalue weighted by Gasteiger charge is 2.46. The molecule has 7 nitrogen and oxygen atoms in total. The molecule has 2 heterocycles. The topological polar surface area (TPSA) is 97.2 Å². The SMILES string of the molecule is O=C(Nc1nc2ccc(-c3cnc(CO[C@H]4CC(F)(F)C[C@@H]4O)nc3)cc2s1)C1CC1. The van der Waals surface area contributed by atoms with Gasteiger partial charge in [-0.3, -0.25) is 4.79 Å². The van der Waals surface area contributed by atoms with Gasteiger partial charge in [-0.05, 0) is 30.5 Å². The number of amides is 1. The lowest BCUT2D eigenvalue weighted by atomic mass is 10.1. The van der Waals surface area contributed by atoms with Crippen LogP contribution in [0, 0.1) is 5.92 Å². The number of carbonyl (C=O) groups is 1. The molecule has 162 valence electrons.